The van der Waals surface area contributed by atoms with Crippen LogP contribution in [0.25, 0.3) is 0 Å². The van der Waals surface area contributed by atoms with Gasteiger partial charge in [0.15, 0.2) is 4.34 Å². The fraction of sp³-hybridized carbons (Fsp3) is 0.300. The molecular formula is C20H19FN4O3S3. The predicted octanol–water partition coefficient (Wildman–Crippen LogP) is 5.27. The lowest BCUT2D eigenvalue weighted by atomic mass is 10.1. The van der Waals surface area contributed by atoms with Crippen LogP contribution in [0.5, 0.6) is 0 Å². The molecule has 11 heteroatoms. The fourth-order valence-corrected chi connectivity index (χ4v) is 5.47. The number of aromatic nitrogens is 2. The van der Waals surface area contributed by atoms with E-state index in [-0.39, 0.29) is 24.1 Å². The Morgan fingerprint density at radius 3 is 2.84 bits per heavy atom. The summed E-state index contributed by atoms with van der Waals surface area (Å²) in [6.45, 7) is 2.04. The van der Waals surface area contributed by atoms with Crippen molar-refractivity contribution in [2.45, 2.75) is 30.0 Å². The van der Waals surface area contributed by atoms with E-state index in [1.165, 1.54) is 40.5 Å². The molecule has 0 saturated heterocycles. The van der Waals surface area contributed by atoms with Gasteiger partial charge in [0.2, 0.25) is 11.0 Å². The molecule has 1 aliphatic carbocycles. The van der Waals surface area contributed by atoms with E-state index in [2.05, 4.69) is 20.8 Å². The maximum atomic E-state index is 13.7. The molecule has 0 aliphatic heterocycles. The van der Waals surface area contributed by atoms with Crippen molar-refractivity contribution in [3.05, 3.63) is 46.6 Å². The standard InChI is InChI=1S/C20H19FN4O3S3/c1-2-28-18(27)16-12(11-7-8-11)9-29-17(16)23-15(26)10-30-20-25-24-19(31-20)22-14-6-4-3-5-13(14)21/h3-6,9,11H,2,7-8,10H2,1H3,(H,22,24)(H,23,26). The molecule has 2 heterocycles. The van der Waals surface area contributed by atoms with E-state index in [0.717, 1.165) is 18.4 Å². The quantitative estimate of drug-likeness (QED) is 0.320. The average Bonchev–Trinajstić information content (AvgIpc) is 3.36. The van der Waals surface area contributed by atoms with Gasteiger partial charge in [-0.3, -0.25) is 4.79 Å². The van der Waals surface area contributed by atoms with Crippen LogP contribution in [0.15, 0.2) is 34.0 Å². The van der Waals surface area contributed by atoms with Gasteiger partial charge in [-0.25, -0.2) is 9.18 Å². The number of hydrogen-bond donors (Lipinski definition) is 2. The first kappa shape index (κ1) is 21.7. The van der Waals surface area contributed by atoms with E-state index in [1.54, 1.807) is 25.1 Å². The Morgan fingerprint density at radius 1 is 1.29 bits per heavy atom. The molecule has 0 spiro atoms. The number of thiophene rings is 1. The van der Waals surface area contributed by atoms with Gasteiger partial charge in [-0.15, -0.1) is 21.5 Å². The summed E-state index contributed by atoms with van der Waals surface area (Å²) >= 11 is 3.79. The average molecular weight is 479 g/mol. The zero-order chi connectivity index (χ0) is 21.8. The number of para-hydroxylation sites is 1. The lowest BCUT2D eigenvalue weighted by molar-refractivity contribution is -0.113. The Kier molecular flexibility index (Phi) is 6.83. The molecule has 1 amide bonds. The van der Waals surface area contributed by atoms with Crippen LogP contribution in [-0.4, -0.2) is 34.4 Å². The van der Waals surface area contributed by atoms with Gasteiger partial charge >= 0.3 is 5.97 Å². The van der Waals surface area contributed by atoms with Gasteiger partial charge in [0, 0.05) is 0 Å². The molecule has 0 radical (unpaired) electrons. The number of rotatable bonds is 9. The van der Waals surface area contributed by atoms with Crippen LogP contribution >= 0.6 is 34.4 Å². The molecular weight excluding hydrogens is 459 g/mol. The second-order valence-electron chi connectivity index (χ2n) is 6.70. The van der Waals surface area contributed by atoms with E-state index in [9.17, 15) is 14.0 Å². The number of ether oxygens (including phenoxy) is 1. The Balaban J connectivity index is 1.35. The topological polar surface area (TPSA) is 93.2 Å². The van der Waals surface area contributed by atoms with Gasteiger partial charge in [-0.05, 0) is 48.8 Å². The van der Waals surface area contributed by atoms with Gasteiger partial charge in [0.25, 0.3) is 0 Å². The number of nitrogens with one attached hydrogen (secondary N) is 2. The van der Waals surface area contributed by atoms with Crippen LogP contribution in [0.3, 0.4) is 0 Å². The number of carbonyl (C=O) groups excluding carboxylic acids is 2. The van der Waals surface area contributed by atoms with Crippen molar-refractivity contribution >= 4 is 62.1 Å². The number of halogens is 1. The maximum Gasteiger partial charge on any atom is 0.341 e. The highest BCUT2D eigenvalue weighted by Crippen LogP contribution is 2.46. The van der Waals surface area contributed by atoms with Crippen molar-refractivity contribution < 1.29 is 18.7 Å². The molecule has 7 nitrogen and oxygen atoms in total. The summed E-state index contributed by atoms with van der Waals surface area (Å²) < 4.78 is 19.5. The van der Waals surface area contributed by atoms with Crippen LogP contribution in [0.4, 0.5) is 20.2 Å². The van der Waals surface area contributed by atoms with Crippen molar-refractivity contribution in [1.82, 2.24) is 10.2 Å². The van der Waals surface area contributed by atoms with E-state index in [4.69, 9.17) is 4.74 Å². The number of esters is 1. The van der Waals surface area contributed by atoms with Crippen LogP contribution in [-0.2, 0) is 9.53 Å². The Hall–Kier alpha value is -2.50. The van der Waals surface area contributed by atoms with Crippen molar-refractivity contribution in [2.75, 3.05) is 23.0 Å². The van der Waals surface area contributed by atoms with Crippen LogP contribution in [0.1, 0.15) is 41.6 Å². The van der Waals surface area contributed by atoms with Gasteiger partial charge in [-0.2, -0.15) is 0 Å². The second kappa shape index (κ2) is 9.75. The van der Waals surface area contributed by atoms with Gasteiger partial charge in [0.05, 0.1) is 23.6 Å². The van der Waals surface area contributed by atoms with E-state index in [0.29, 0.717) is 31.6 Å². The minimum absolute atomic E-state index is 0.104. The van der Waals surface area contributed by atoms with Crippen LogP contribution in [0.2, 0.25) is 0 Å². The van der Waals surface area contributed by atoms with Gasteiger partial charge in [-0.1, -0.05) is 35.2 Å². The summed E-state index contributed by atoms with van der Waals surface area (Å²) in [5, 5.41) is 16.6. The number of nitrogens with zero attached hydrogens (tertiary/aromatic N) is 2. The number of carbonyl (C=O) groups is 2. The largest absolute Gasteiger partial charge is 0.462 e. The highest BCUT2D eigenvalue weighted by molar-refractivity contribution is 8.01. The molecule has 1 saturated carbocycles. The molecule has 1 aliphatic rings. The summed E-state index contributed by atoms with van der Waals surface area (Å²) in [5.74, 6) is -0.560. The Bertz CT molecular complexity index is 1100. The third-order valence-electron chi connectivity index (χ3n) is 4.42. The lowest BCUT2D eigenvalue weighted by Crippen LogP contribution is -2.16. The van der Waals surface area contributed by atoms with Crippen LogP contribution in [0, 0.1) is 5.82 Å². The number of benzene rings is 1. The van der Waals surface area contributed by atoms with Gasteiger partial charge < -0.3 is 15.4 Å². The van der Waals surface area contributed by atoms with E-state index < -0.39 is 5.97 Å². The molecule has 0 unspecified atom stereocenters. The van der Waals surface area contributed by atoms with E-state index in [1.807, 2.05) is 5.38 Å². The van der Waals surface area contributed by atoms with Gasteiger partial charge in [0.1, 0.15) is 10.8 Å². The molecule has 1 aromatic carbocycles. The van der Waals surface area contributed by atoms with E-state index >= 15 is 0 Å². The van der Waals surface area contributed by atoms with Crippen molar-refractivity contribution in [1.29, 1.82) is 0 Å². The number of amides is 1. The molecule has 0 atom stereocenters. The molecule has 0 bridgehead atoms. The normalized spacial score (nSPS) is 13.1. The Labute approximate surface area is 190 Å². The first-order valence-electron chi connectivity index (χ1n) is 9.61. The molecule has 4 rings (SSSR count). The zero-order valence-electron chi connectivity index (χ0n) is 16.5. The molecule has 1 fully saturated rings. The monoisotopic (exact) mass is 478 g/mol. The lowest BCUT2D eigenvalue weighted by Gasteiger charge is -2.07. The van der Waals surface area contributed by atoms with Crippen molar-refractivity contribution in [2.24, 2.45) is 0 Å². The molecule has 2 aromatic heterocycles. The zero-order valence-corrected chi connectivity index (χ0v) is 19.0. The fourth-order valence-electron chi connectivity index (χ4n) is 2.86. The van der Waals surface area contributed by atoms with Crippen molar-refractivity contribution in [3.8, 4) is 0 Å². The number of thioether (sulfide) groups is 1. The van der Waals surface area contributed by atoms with Crippen LogP contribution < -0.4 is 10.6 Å². The maximum absolute atomic E-state index is 13.7. The number of anilines is 3. The first-order valence-corrected chi connectivity index (χ1v) is 12.3. The molecule has 162 valence electrons. The second-order valence-corrected chi connectivity index (χ2v) is 9.78. The summed E-state index contributed by atoms with van der Waals surface area (Å²) in [4.78, 5) is 24.9. The smallest absolute Gasteiger partial charge is 0.341 e. The first-order chi connectivity index (χ1) is 15.0. The molecule has 3 aromatic rings. The SMILES string of the molecule is CCOC(=O)c1c(C2CC2)csc1NC(=O)CSc1nnc(Nc2ccccc2F)s1. The molecule has 31 heavy (non-hydrogen) atoms. The summed E-state index contributed by atoms with van der Waals surface area (Å²) in [7, 11) is 0. The minimum Gasteiger partial charge on any atom is -0.462 e. The highest BCUT2D eigenvalue weighted by Gasteiger charge is 2.32. The molecule has 2 N–H and O–H groups in total. The summed E-state index contributed by atoms with van der Waals surface area (Å²) in [6, 6.07) is 6.29. The summed E-state index contributed by atoms with van der Waals surface area (Å²) in [6.07, 6.45) is 2.10. The predicted molar refractivity (Wildman–Crippen MR) is 121 cm³/mol. The highest BCUT2D eigenvalue weighted by atomic mass is 32.2. The number of hydrogen-bond acceptors (Lipinski definition) is 9. The third kappa shape index (κ3) is 5.41. The summed E-state index contributed by atoms with van der Waals surface area (Å²) in [5.41, 5.74) is 1.74. The third-order valence-corrected chi connectivity index (χ3v) is 7.30. The van der Waals surface area contributed by atoms with Crippen molar-refractivity contribution in [3.63, 3.8) is 0 Å². The Morgan fingerprint density at radius 2 is 2.10 bits per heavy atom. The minimum atomic E-state index is -0.401.